The van der Waals surface area contributed by atoms with Crippen molar-refractivity contribution in [2.24, 2.45) is 0 Å². The van der Waals surface area contributed by atoms with Crippen molar-refractivity contribution >= 4 is 22.6 Å². The summed E-state index contributed by atoms with van der Waals surface area (Å²) in [7, 11) is 0. The highest BCUT2D eigenvalue weighted by atomic mass is 16.2. The number of aryl methyl sites for hydroxylation is 1. The maximum atomic E-state index is 13.3. The van der Waals surface area contributed by atoms with Crippen LogP contribution < -0.4 is 5.32 Å². The molecule has 2 aliphatic rings. The van der Waals surface area contributed by atoms with Crippen LogP contribution in [0.4, 0.5) is 10.5 Å². The Morgan fingerprint density at radius 1 is 1.09 bits per heavy atom. The third kappa shape index (κ3) is 3.53. The predicted molar refractivity (Wildman–Crippen MR) is 134 cm³/mol. The second-order valence-electron chi connectivity index (χ2n) is 9.31. The monoisotopic (exact) mass is 452 g/mol. The number of nitrogens with one attached hydrogen (secondary N) is 2. The first-order chi connectivity index (χ1) is 16.6. The lowest BCUT2D eigenvalue weighted by atomic mass is 9.92. The first kappa shape index (κ1) is 20.9. The number of pyridine rings is 1. The molecule has 6 rings (SSSR count). The van der Waals surface area contributed by atoms with Crippen LogP contribution in [0.1, 0.15) is 29.7 Å². The van der Waals surface area contributed by atoms with E-state index in [1.54, 1.807) is 0 Å². The van der Waals surface area contributed by atoms with Gasteiger partial charge in [-0.05, 0) is 48.9 Å². The van der Waals surface area contributed by atoms with Crippen LogP contribution in [0.5, 0.6) is 0 Å². The summed E-state index contributed by atoms with van der Waals surface area (Å²) in [6, 6.07) is 18.9. The van der Waals surface area contributed by atoms with E-state index in [4.69, 9.17) is 0 Å². The number of aromatic nitrogens is 3. The molecule has 2 N–H and O–H groups in total. The summed E-state index contributed by atoms with van der Waals surface area (Å²) in [4.78, 5) is 22.1. The van der Waals surface area contributed by atoms with Crippen LogP contribution in [0.3, 0.4) is 0 Å². The van der Waals surface area contributed by atoms with Crippen LogP contribution >= 0.6 is 0 Å². The number of carbonyl (C=O) groups is 1. The molecule has 0 bridgehead atoms. The molecule has 0 unspecified atom stereocenters. The zero-order chi connectivity index (χ0) is 23.2. The number of likely N-dealkylation sites (N-methyl/N-ethyl adjacent to an activating group) is 1. The molecular formula is C27H28N6O. The van der Waals surface area contributed by atoms with Crippen LogP contribution in [-0.2, 0) is 6.54 Å². The number of rotatable bonds is 4. The lowest BCUT2D eigenvalue weighted by molar-refractivity contribution is 0.175. The second-order valence-corrected chi connectivity index (χ2v) is 9.31. The third-order valence-corrected chi connectivity index (χ3v) is 7.24. The van der Waals surface area contributed by atoms with Crippen LogP contribution in [0.25, 0.3) is 22.2 Å². The lowest BCUT2D eigenvalue weighted by Gasteiger charge is -2.36. The van der Waals surface area contributed by atoms with Crippen molar-refractivity contribution in [2.45, 2.75) is 32.4 Å². The summed E-state index contributed by atoms with van der Waals surface area (Å²) in [6.07, 6.45) is 1.81. The molecule has 2 aliphatic heterocycles. The number of urea groups is 1. The predicted octanol–water partition coefficient (Wildman–Crippen LogP) is 4.77. The van der Waals surface area contributed by atoms with Crippen LogP contribution in [0, 0.1) is 6.92 Å². The Labute approximate surface area is 198 Å². The van der Waals surface area contributed by atoms with Gasteiger partial charge < -0.3 is 15.1 Å². The van der Waals surface area contributed by atoms with Gasteiger partial charge in [-0.3, -0.25) is 10.1 Å². The molecule has 1 fully saturated rings. The smallest absolute Gasteiger partial charge is 0.315 e. The average molecular weight is 453 g/mol. The zero-order valence-corrected chi connectivity index (χ0v) is 19.5. The van der Waals surface area contributed by atoms with E-state index < -0.39 is 0 Å². The van der Waals surface area contributed by atoms with Crippen molar-refractivity contribution in [3.8, 4) is 11.3 Å². The van der Waals surface area contributed by atoms with Crippen molar-refractivity contribution in [1.29, 1.82) is 0 Å². The van der Waals surface area contributed by atoms with E-state index in [0.717, 1.165) is 58.7 Å². The summed E-state index contributed by atoms with van der Waals surface area (Å²) < 4.78 is 0. The molecule has 4 heterocycles. The topological polar surface area (TPSA) is 77.2 Å². The van der Waals surface area contributed by atoms with E-state index in [2.05, 4.69) is 62.7 Å². The van der Waals surface area contributed by atoms with Gasteiger partial charge in [0.1, 0.15) is 5.69 Å². The van der Waals surface area contributed by atoms with Gasteiger partial charge >= 0.3 is 6.03 Å². The molecule has 2 atom stereocenters. The van der Waals surface area contributed by atoms with Gasteiger partial charge in [-0.1, -0.05) is 37.3 Å². The van der Waals surface area contributed by atoms with E-state index in [1.807, 2.05) is 42.3 Å². The molecular weight excluding hydrogens is 424 g/mol. The maximum absolute atomic E-state index is 13.3. The SMILES string of the molecule is CCN1C[C@@H](N2Cc3cc4c(-c5ccnc(C)c5)n[nH]c4cc3NC2=O)[C@H](c2ccccc2)C1. The number of aromatic amines is 1. The minimum absolute atomic E-state index is 0.0276. The summed E-state index contributed by atoms with van der Waals surface area (Å²) >= 11 is 0. The minimum Gasteiger partial charge on any atom is -0.315 e. The van der Waals surface area contributed by atoms with Gasteiger partial charge in [0.05, 0.1) is 11.6 Å². The van der Waals surface area contributed by atoms with Gasteiger partial charge in [0.15, 0.2) is 0 Å². The highest BCUT2D eigenvalue weighted by Gasteiger charge is 2.40. The number of hydrogen-bond acceptors (Lipinski definition) is 4. The molecule has 2 aromatic heterocycles. The first-order valence-corrected chi connectivity index (χ1v) is 11.9. The Balaban J connectivity index is 1.37. The molecule has 172 valence electrons. The Hall–Kier alpha value is -3.71. The molecule has 7 nitrogen and oxygen atoms in total. The normalized spacial score (nSPS) is 20.5. The Kier molecular flexibility index (Phi) is 5.07. The van der Waals surface area contributed by atoms with Gasteiger partial charge in [0, 0.05) is 54.1 Å². The molecule has 0 radical (unpaired) electrons. The Morgan fingerprint density at radius 3 is 2.74 bits per heavy atom. The van der Waals surface area contributed by atoms with E-state index >= 15 is 0 Å². The summed E-state index contributed by atoms with van der Waals surface area (Å²) in [5.74, 6) is 0.293. The van der Waals surface area contributed by atoms with E-state index in [9.17, 15) is 4.79 Å². The highest BCUT2D eigenvalue weighted by Crippen LogP contribution is 2.37. The fraction of sp³-hybridized carbons (Fsp3) is 0.296. The first-order valence-electron chi connectivity index (χ1n) is 11.9. The number of nitrogens with zero attached hydrogens (tertiary/aromatic N) is 4. The summed E-state index contributed by atoms with van der Waals surface area (Å²) in [5, 5.41) is 11.9. The number of fused-ring (bicyclic) bond motifs is 2. The molecule has 4 aromatic rings. The molecule has 0 spiro atoms. The average Bonchev–Trinajstić information content (AvgIpc) is 3.47. The number of hydrogen-bond donors (Lipinski definition) is 2. The van der Waals surface area contributed by atoms with Crippen molar-refractivity contribution in [3.63, 3.8) is 0 Å². The standard InChI is InChI=1S/C27H28N6O/c1-3-32-15-22(18-7-5-4-6-8-18)25(16-32)33-14-20-12-21-24(13-23(20)29-27(33)34)30-31-26(21)19-9-10-28-17(2)11-19/h4-13,22,25H,3,14-16H2,1-2H3,(H,29,34)(H,30,31)/t22-,25+/m0/s1. The van der Waals surface area contributed by atoms with Crippen molar-refractivity contribution in [1.82, 2.24) is 25.0 Å². The van der Waals surface area contributed by atoms with Gasteiger partial charge in [-0.15, -0.1) is 0 Å². The van der Waals surface area contributed by atoms with Crippen molar-refractivity contribution < 1.29 is 4.79 Å². The van der Waals surface area contributed by atoms with Crippen molar-refractivity contribution in [3.05, 3.63) is 77.6 Å². The lowest BCUT2D eigenvalue weighted by Crippen LogP contribution is -2.48. The fourth-order valence-electron chi connectivity index (χ4n) is 5.45. The van der Waals surface area contributed by atoms with Crippen LogP contribution in [0.15, 0.2) is 60.8 Å². The quantitative estimate of drug-likeness (QED) is 0.468. The Bertz CT molecular complexity index is 1360. The number of amides is 2. The number of benzene rings is 2. The van der Waals surface area contributed by atoms with E-state index in [-0.39, 0.29) is 12.1 Å². The Morgan fingerprint density at radius 2 is 1.94 bits per heavy atom. The molecule has 0 aliphatic carbocycles. The molecule has 34 heavy (non-hydrogen) atoms. The number of likely N-dealkylation sites (tertiary alicyclic amines) is 1. The zero-order valence-electron chi connectivity index (χ0n) is 19.5. The summed E-state index contributed by atoms with van der Waals surface area (Å²) in [5.41, 5.74) is 7.08. The van der Waals surface area contributed by atoms with Crippen molar-refractivity contribution in [2.75, 3.05) is 25.0 Å². The second kappa shape index (κ2) is 8.25. The molecule has 0 saturated carbocycles. The number of H-pyrrole nitrogens is 1. The van der Waals surface area contributed by atoms with Gasteiger partial charge in [-0.25, -0.2) is 4.79 Å². The maximum Gasteiger partial charge on any atom is 0.322 e. The molecule has 1 saturated heterocycles. The fourth-order valence-corrected chi connectivity index (χ4v) is 5.45. The van der Waals surface area contributed by atoms with E-state index in [0.29, 0.717) is 12.5 Å². The van der Waals surface area contributed by atoms with Gasteiger partial charge in [-0.2, -0.15) is 5.10 Å². The molecule has 2 aromatic carbocycles. The van der Waals surface area contributed by atoms with Crippen LogP contribution in [0.2, 0.25) is 0 Å². The largest absolute Gasteiger partial charge is 0.322 e. The van der Waals surface area contributed by atoms with Gasteiger partial charge in [0.2, 0.25) is 0 Å². The molecule has 2 amide bonds. The van der Waals surface area contributed by atoms with Gasteiger partial charge in [0.25, 0.3) is 0 Å². The number of anilines is 1. The third-order valence-electron chi connectivity index (χ3n) is 7.24. The highest BCUT2D eigenvalue weighted by molar-refractivity contribution is 6.00. The molecule has 7 heteroatoms. The van der Waals surface area contributed by atoms with E-state index in [1.165, 1.54) is 5.56 Å². The number of carbonyl (C=O) groups excluding carboxylic acids is 1. The van der Waals surface area contributed by atoms with Crippen LogP contribution in [-0.4, -0.2) is 56.7 Å². The summed E-state index contributed by atoms with van der Waals surface area (Å²) in [6.45, 7) is 7.59. The minimum atomic E-state index is -0.0276.